The Morgan fingerprint density at radius 1 is 1.15 bits per heavy atom. The average Bonchev–Trinajstić information content (AvgIpc) is 3.47. The predicted molar refractivity (Wildman–Crippen MR) is 121 cm³/mol. The molecule has 1 aliphatic rings. The molecule has 0 spiro atoms. The van der Waals surface area contributed by atoms with Crippen LogP contribution in [0.2, 0.25) is 0 Å². The number of halogens is 3. The number of hydrogen-bond donors (Lipinski definition) is 1. The fourth-order valence-electron chi connectivity index (χ4n) is 4.30. The first-order chi connectivity index (χ1) is 16.5. The van der Waals surface area contributed by atoms with Crippen molar-refractivity contribution in [1.29, 1.82) is 0 Å². The molecule has 0 radical (unpaired) electrons. The van der Waals surface area contributed by atoms with E-state index in [0.29, 0.717) is 17.5 Å². The lowest BCUT2D eigenvalue weighted by molar-refractivity contribution is -0.0505. The number of rotatable bonds is 7. The van der Waals surface area contributed by atoms with Crippen LogP contribution >= 0.6 is 0 Å². The minimum atomic E-state index is -3.01. The Morgan fingerprint density at radius 2 is 1.97 bits per heavy atom. The second kappa shape index (κ2) is 9.38. The molecule has 4 aromatic rings. The first kappa shape index (κ1) is 22.3. The molecule has 5 rings (SSSR count). The molecule has 0 aliphatic carbocycles. The number of hydrogen-bond acceptors (Lipinski definition) is 5. The third-order valence-electron chi connectivity index (χ3n) is 6.03. The third kappa shape index (κ3) is 4.58. The van der Waals surface area contributed by atoms with Gasteiger partial charge in [-0.05, 0) is 50.1 Å². The molecule has 1 saturated heterocycles. The van der Waals surface area contributed by atoms with Gasteiger partial charge in [0, 0.05) is 54.5 Å². The monoisotopic (exact) mass is 471 g/mol. The van der Waals surface area contributed by atoms with E-state index in [9.17, 15) is 13.2 Å². The van der Waals surface area contributed by atoms with Gasteiger partial charge in [0.2, 0.25) is 0 Å². The number of anilines is 1. The molecule has 10 heteroatoms. The van der Waals surface area contributed by atoms with Crippen LogP contribution in [0.15, 0.2) is 55.1 Å². The molecule has 1 atom stereocenters. The first-order valence-corrected chi connectivity index (χ1v) is 11.1. The summed E-state index contributed by atoms with van der Waals surface area (Å²) in [6.07, 6.45) is 9.64. The molecular formula is C24H24F3N5O2. The van der Waals surface area contributed by atoms with Crippen molar-refractivity contribution in [1.82, 2.24) is 19.2 Å². The molecule has 1 N–H and O–H groups in total. The largest absolute Gasteiger partial charge is 0.434 e. The summed E-state index contributed by atoms with van der Waals surface area (Å²) in [5.41, 5.74) is 2.78. The highest BCUT2D eigenvalue weighted by Gasteiger charge is 2.19. The Morgan fingerprint density at radius 3 is 2.76 bits per heavy atom. The van der Waals surface area contributed by atoms with Crippen LogP contribution in [0.1, 0.15) is 37.4 Å². The molecule has 3 aromatic heterocycles. The second-order valence-electron chi connectivity index (χ2n) is 8.26. The van der Waals surface area contributed by atoms with Gasteiger partial charge in [-0.2, -0.15) is 13.9 Å². The Balaban J connectivity index is 1.41. The Bertz CT molecular complexity index is 1280. The van der Waals surface area contributed by atoms with Crippen molar-refractivity contribution in [3.05, 3.63) is 66.5 Å². The molecule has 0 bridgehead atoms. The van der Waals surface area contributed by atoms with Crippen molar-refractivity contribution in [2.24, 2.45) is 0 Å². The number of nitrogens with zero attached hydrogens (tertiary/aromatic N) is 4. The minimum Gasteiger partial charge on any atom is -0.434 e. The third-order valence-corrected chi connectivity index (χ3v) is 6.03. The topological polar surface area (TPSA) is 65.6 Å². The maximum absolute atomic E-state index is 13.8. The van der Waals surface area contributed by atoms with Gasteiger partial charge in [-0.1, -0.05) is 0 Å². The molecule has 1 unspecified atom stereocenters. The van der Waals surface area contributed by atoms with E-state index in [1.165, 1.54) is 12.1 Å². The van der Waals surface area contributed by atoms with Crippen LogP contribution in [0.5, 0.6) is 5.75 Å². The van der Waals surface area contributed by atoms with Crippen molar-refractivity contribution in [2.45, 2.75) is 38.5 Å². The molecule has 1 aliphatic heterocycles. The number of fused-ring (bicyclic) bond motifs is 1. The van der Waals surface area contributed by atoms with E-state index in [1.54, 1.807) is 29.9 Å². The van der Waals surface area contributed by atoms with Gasteiger partial charge in [-0.3, -0.25) is 0 Å². The lowest BCUT2D eigenvalue weighted by Gasteiger charge is -2.23. The van der Waals surface area contributed by atoms with E-state index in [2.05, 4.69) is 37.1 Å². The maximum atomic E-state index is 13.8. The average molecular weight is 471 g/mol. The highest BCUT2D eigenvalue weighted by atomic mass is 19.3. The van der Waals surface area contributed by atoms with E-state index < -0.39 is 18.5 Å². The van der Waals surface area contributed by atoms with Gasteiger partial charge in [0.1, 0.15) is 17.4 Å². The molecular weight excluding hydrogens is 447 g/mol. The van der Waals surface area contributed by atoms with E-state index in [1.807, 2.05) is 6.07 Å². The number of ether oxygens (including phenoxy) is 2. The Kier molecular flexibility index (Phi) is 6.14. The van der Waals surface area contributed by atoms with Crippen molar-refractivity contribution in [3.8, 4) is 16.9 Å². The summed E-state index contributed by atoms with van der Waals surface area (Å²) >= 11 is 0. The summed E-state index contributed by atoms with van der Waals surface area (Å²) in [6.45, 7) is 0.246. The SMILES string of the molecule is CC(Nc1ccn2ncc(-c3ccn(C4CCOCC4)c3)c2n1)c1cc(F)ccc1OC(F)F. The quantitative estimate of drug-likeness (QED) is 0.388. The molecule has 0 saturated carbocycles. The number of benzene rings is 1. The van der Waals surface area contributed by atoms with Crippen molar-refractivity contribution < 1.29 is 22.6 Å². The zero-order valence-electron chi connectivity index (χ0n) is 18.5. The molecule has 1 fully saturated rings. The molecule has 178 valence electrons. The lowest BCUT2D eigenvalue weighted by Crippen LogP contribution is -2.18. The maximum Gasteiger partial charge on any atom is 0.387 e. The summed E-state index contributed by atoms with van der Waals surface area (Å²) < 4.78 is 53.3. The summed E-state index contributed by atoms with van der Waals surface area (Å²) in [6, 6.07) is 7.09. The zero-order chi connectivity index (χ0) is 23.7. The molecule has 0 amide bonds. The molecule has 34 heavy (non-hydrogen) atoms. The van der Waals surface area contributed by atoms with Crippen LogP contribution in [0, 0.1) is 5.82 Å². The van der Waals surface area contributed by atoms with E-state index >= 15 is 0 Å². The normalized spacial score (nSPS) is 15.7. The summed E-state index contributed by atoms with van der Waals surface area (Å²) in [5.74, 6) is -0.129. The van der Waals surface area contributed by atoms with E-state index in [4.69, 9.17) is 4.74 Å². The fourth-order valence-corrected chi connectivity index (χ4v) is 4.30. The second-order valence-corrected chi connectivity index (χ2v) is 8.26. The van der Waals surface area contributed by atoms with Gasteiger partial charge in [-0.25, -0.2) is 13.9 Å². The molecule has 4 heterocycles. The van der Waals surface area contributed by atoms with Crippen LogP contribution in [0.4, 0.5) is 19.0 Å². The summed E-state index contributed by atoms with van der Waals surface area (Å²) in [7, 11) is 0. The predicted octanol–water partition coefficient (Wildman–Crippen LogP) is 5.46. The number of nitrogens with one attached hydrogen (secondary N) is 1. The highest BCUT2D eigenvalue weighted by Crippen LogP contribution is 2.31. The minimum absolute atomic E-state index is 0.0861. The van der Waals surface area contributed by atoms with Gasteiger partial charge in [0.25, 0.3) is 0 Å². The molecule has 1 aromatic carbocycles. The van der Waals surface area contributed by atoms with Crippen LogP contribution in [0.25, 0.3) is 16.8 Å². The van der Waals surface area contributed by atoms with E-state index in [-0.39, 0.29) is 11.3 Å². The number of alkyl halides is 2. The Labute approximate surface area is 194 Å². The molecule has 7 nitrogen and oxygen atoms in total. The van der Waals surface area contributed by atoms with Gasteiger partial charge >= 0.3 is 6.61 Å². The smallest absolute Gasteiger partial charge is 0.387 e. The van der Waals surface area contributed by atoms with Gasteiger partial charge in [0.15, 0.2) is 5.65 Å². The van der Waals surface area contributed by atoms with Crippen LogP contribution in [-0.2, 0) is 4.74 Å². The Hall–Kier alpha value is -3.53. The van der Waals surface area contributed by atoms with Gasteiger partial charge in [-0.15, -0.1) is 0 Å². The van der Waals surface area contributed by atoms with Gasteiger partial charge < -0.3 is 19.4 Å². The van der Waals surface area contributed by atoms with Crippen molar-refractivity contribution in [3.63, 3.8) is 0 Å². The number of aromatic nitrogens is 4. The van der Waals surface area contributed by atoms with Crippen molar-refractivity contribution >= 4 is 11.5 Å². The van der Waals surface area contributed by atoms with E-state index in [0.717, 1.165) is 43.2 Å². The van der Waals surface area contributed by atoms with Gasteiger partial charge in [0.05, 0.1) is 12.2 Å². The standard InChI is InChI=1S/C24H24F3N5O2/c1-15(19-12-17(25)2-3-21(19)34-24(26)27)29-22-5-9-32-23(30-22)20(13-28-32)16-4-8-31(14-16)18-6-10-33-11-7-18/h2-5,8-9,12-15,18,24H,6-7,10-11H2,1H3,(H,29,30). The lowest BCUT2D eigenvalue weighted by atomic mass is 10.1. The highest BCUT2D eigenvalue weighted by molar-refractivity contribution is 5.77. The van der Waals surface area contributed by atoms with Crippen molar-refractivity contribution in [2.75, 3.05) is 18.5 Å². The van der Waals surface area contributed by atoms with Crippen LogP contribution in [0.3, 0.4) is 0 Å². The van der Waals surface area contributed by atoms with Crippen LogP contribution < -0.4 is 10.1 Å². The zero-order valence-corrected chi connectivity index (χ0v) is 18.5. The summed E-state index contributed by atoms with van der Waals surface area (Å²) in [5, 5.41) is 7.55. The van der Waals surface area contributed by atoms with Crippen LogP contribution in [-0.4, -0.2) is 39.0 Å². The summed E-state index contributed by atoms with van der Waals surface area (Å²) in [4.78, 5) is 4.69. The fraction of sp³-hybridized carbons (Fsp3) is 0.333. The first-order valence-electron chi connectivity index (χ1n) is 11.1.